The van der Waals surface area contributed by atoms with Gasteiger partial charge in [-0.05, 0) is 35.5 Å². The third kappa shape index (κ3) is 5.88. The van der Waals surface area contributed by atoms with Crippen molar-refractivity contribution in [2.75, 3.05) is 0 Å². The van der Waals surface area contributed by atoms with Gasteiger partial charge >= 0.3 is 24.7 Å². The average molecular weight is 509 g/mol. The lowest BCUT2D eigenvalue weighted by atomic mass is 9.88. The molecule has 0 bridgehead atoms. The quantitative estimate of drug-likeness (QED) is 0.281. The van der Waals surface area contributed by atoms with Crippen LogP contribution in [-0.2, 0) is 12.4 Å². The van der Waals surface area contributed by atoms with Crippen molar-refractivity contribution in [3.63, 3.8) is 0 Å². The van der Waals surface area contributed by atoms with Crippen LogP contribution in [0.2, 0.25) is 0 Å². The Morgan fingerprint density at radius 2 is 1.16 bits per heavy atom. The highest BCUT2D eigenvalue weighted by atomic mass is 35.7. The lowest BCUT2D eigenvalue weighted by molar-refractivity contribution is -0.143. The third-order valence-corrected chi connectivity index (χ3v) is 7.53. The van der Waals surface area contributed by atoms with E-state index < -0.39 is 71.1 Å². The van der Waals surface area contributed by atoms with E-state index in [-0.39, 0.29) is 24.3 Å². The Balaban J connectivity index is 2.65. The summed E-state index contributed by atoms with van der Waals surface area (Å²) < 4.78 is 157. The van der Waals surface area contributed by atoms with Crippen LogP contribution in [0.5, 0.6) is 0 Å². The zero-order valence-electron chi connectivity index (χ0n) is 14.9. The molecule has 0 nitrogen and oxygen atoms in total. The van der Waals surface area contributed by atoms with Crippen molar-refractivity contribution >= 4 is 23.8 Å². The van der Waals surface area contributed by atoms with Gasteiger partial charge in [-0.3, -0.25) is 0 Å². The summed E-state index contributed by atoms with van der Waals surface area (Å²) in [4.78, 5) is 0. The third-order valence-electron chi connectivity index (χ3n) is 4.40. The number of rotatable bonds is 2. The summed E-state index contributed by atoms with van der Waals surface area (Å²) in [5, 5.41) is -0.850. The first kappa shape index (κ1) is 25.8. The van der Waals surface area contributed by atoms with Crippen LogP contribution in [0.1, 0.15) is 18.1 Å². The maximum absolute atomic E-state index is 13.2. The molecule has 1 aromatic rings. The van der Waals surface area contributed by atoms with Crippen molar-refractivity contribution in [2.24, 2.45) is 5.92 Å². The molecule has 1 aliphatic carbocycles. The lowest BCUT2D eigenvalue weighted by Crippen LogP contribution is -2.32. The topological polar surface area (TPSA) is 0 Å². The molecule has 0 amide bonds. The zero-order valence-corrected chi connectivity index (χ0v) is 16.6. The highest BCUT2D eigenvalue weighted by Gasteiger charge is 2.47. The largest absolute Gasteiger partial charge is 0.416 e. The van der Waals surface area contributed by atoms with Gasteiger partial charge in [-0.2, -0.15) is 52.7 Å². The molecule has 3 unspecified atom stereocenters. The molecule has 0 aliphatic heterocycles. The minimum Gasteiger partial charge on any atom is -0.166 e. The molecule has 1 aromatic carbocycles. The van der Waals surface area contributed by atoms with Crippen molar-refractivity contribution < 1.29 is 52.7 Å². The Labute approximate surface area is 173 Å². The van der Waals surface area contributed by atoms with Gasteiger partial charge in [0.15, 0.2) is 0 Å². The fourth-order valence-corrected chi connectivity index (χ4v) is 5.55. The second-order valence-corrected chi connectivity index (χ2v) is 9.40. The molecule has 2 rings (SSSR count). The Hall–Kier alpha value is -1.42. The molecule has 0 radical (unpaired) electrons. The van der Waals surface area contributed by atoms with Crippen LogP contribution in [0.15, 0.2) is 41.5 Å². The van der Waals surface area contributed by atoms with Gasteiger partial charge in [0.2, 0.25) is 0 Å². The van der Waals surface area contributed by atoms with Crippen LogP contribution >= 0.6 is 18.5 Å². The number of hydrogen-bond donors (Lipinski definition) is 0. The summed E-state index contributed by atoms with van der Waals surface area (Å²) in [6.45, 7) is 0.851. The molecule has 0 spiro atoms. The van der Waals surface area contributed by atoms with Crippen LogP contribution in [0.3, 0.4) is 0 Å². The maximum Gasteiger partial charge on any atom is 0.416 e. The SMILES string of the molecule is CC1C(C(F)(F)F)=CC(C(F)(F)F)=CC1P(Cl)c1cc(C(F)(F)F)cc(C(F)(F)F)c1. The molecule has 14 heteroatoms. The van der Waals surface area contributed by atoms with Crippen molar-refractivity contribution in [2.45, 2.75) is 37.3 Å². The molecule has 0 N–H and O–H groups in total. The molecule has 3 atom stereocenters. The number of benzene rings is 1. The Morgan fingerprint density at radius 3 is 1.52 bits per heavy atom. The van der Waals surface area contributed by atoms with E-state index in [0.29, 0.717) is 6.08 Å². The average Bonchev–Trinajstić information content (AvgIpc) is 2.57. The van der Waals surface area contributed by atoms with Crippen molar-refractivity contribution in [1.82, 2.24) is 0 Å². The predicted octanol–water partition coefficient (Wildman–Crippen LogP) is 7.98. The minimum absolute atomic E-state index is 0.144. The second-order valence-electron chi connectivity index (χ2n) is 6.57. The highest BCUT2D eigenvalue weighted by Crippen LogP contribution is 2.56. The summed E-state index contributed by atoms with van der Waals surface area (Å²) in [5.74, 6) is -1.75. The van der Waals surface area contributed by atoms with Crippen LogP contribution in [-0.4, -0.2) is 18.0 Å². The van der Waals surface area contributed by atoms with Gasteiger partial charge in [0.05, 0.1) is 16.7 Å². The van der Waals surface area contributed by atoms with E-state index in [9.17, 15) is 52.7 Å². The summed E-state index contributed by atoms with van der Waals surface area (Å²) in [6.07, 6.45) is -20.8. The van der Waals surface area contributed by atoms with Gasteiger partial charge in [0, 0.05) is 18.5 Å². The van der Waals surface area contributed by atoms with E-state index in [0.717, 1.165) is 6.92 Å². The van der Waals surface area contributed by atoms with Crippen molar-refractivity contribution in [3.8, 4) is 0 Å². The van der Waals surface area contributed by atoms with Gasteiger partial charge in [0.25, 0.3) is 0 Å². The summed E-state index contributed by atoms with van der Waals surface area (Å²) in [5.41, 5.74) is -8.76. The van der Waals surface area contributed by atoms with E-state index in [4.69, 9.17) is 11.2 Å². The summed E-state index contributed by atoms with van der Waals surface area (Å²) >= 11 is 5.98. The Morgan fingerprint density at radius 1 is 0.710 bits per heavy atom. The van der Waals surface area contributed by atoms with Gasteiger partial charge < -0.3 is 0 Å². The lowest BCUT2D eigenvalue weighted by Gasteiger charge is -2.33. The first-order valence-electron chi connectivity index (χ1n) is 8.05. The molecular weight excluding hydrogens is 499 g/mol. The standard InChI is InChI=1S/C17H10ClF12P/c1-7-12(17(28,29)30)5-10(16(25,26)27)6-13(7)31(18)11-3-8(14(19,20)21)2-9(4-11)15(22,23)24/h2-7,13H,1H3. The number of halogens is 13. The number of allylic oxidation sites excluding steroid dienone is 4. The van der Waals surface area contributed by atoms with Crippen LogP contribution < -0.4 is 5.30 Å². The maximum atomic E-state index is 13.2. The monoisotopic (exact) mass is 508 g/mol. The van der Waals surface area contributed by atoms with Gasteiger partial charge in [0.1, 0.15) is 0 Å². The van der Waals surface area contributed by atoms with Crippen LogP contribution in [0.25, 0.3) is 0 Å². The summed E-state index contributed by atoms with van der Waals surface area (Å²) in [7, 11) is -2.85. The van der Waals surface area contributed by atoms with Gasteiger partial charge in [-0.25, -0.2) is 0 Å². The van der Waals surface area contributed by atoms with Crippen molar-refractivity contribution in [3.05, 3.63) is 52.6 Å². The molecule has 1 aliphatic rings. The predicted molar refractivity (Wildman–Crippen MR) is 90.1 cm³/mol. The first-order chi connectivity index (χ1) is 13.7. The molecule has 0 aromatic heterocycles. The Kier molecular flexibility index (Phi) is 6.81. The number of alkyl halides is 12. The molecule has 0 fully saturated rings. The molecular formula is C17H10ClF12P. The van der Waals surface area contributed by atoms with Crippen molar-refractivity contribution in [1.29, 1.82) is 0 Å². The van der Waals surface area contributed by atoms with Crippen LogP contribution in [0.4, 0.5) is 52.7 Å². The smallest absolute Gasteiger partial charge is 0.166 e. The minimum atomic E-state index is -5.26. The first-order valence-corrected chi connectivity index (χ1v) is 10.4. The molecule has 0 saturated heterocycles. The van der Waals surface area contributed by atoms with Crippen LogP contribution in [0, 0.1) is 5.92 Å². The molecule has 0 saturated carbocycles. The molecule has 174 valence electrons. The van der Waals surface area contributed by atoms with E-state index >= 15 is 0 Å². The summed E-state index contributed by atoms with van der Waals surface area (Å²) in [6, 6.07) is 0.187. The van der Waals surface area contributed by atoms with Gasteiger partial charge in [-0.1, -0.05) is 24.2 Å². The molecule has 0 heterocycles. The molecule has 31 heavy (non-hydrogen) atoms. The Bertz CT molecular complexity index is 856. The van der Waals surface area contributed by atoms with Gasteiger partial charge in [-0.15, -0.1) is 0 Å². The number of hydrogen-bond acceptors (Lipinski definition) is 0. The fourth-order valence-electron chi connectivity index (χ4n) is 2.87. The highest BCUT2D eigenvalue weighted by molar-refractivity contribution is 7.90. The fraction of sp³-hybridized carbons (Fsp3) is 0.412. The van der Waals surface area contributed by atoms with E-state index in [2.05, 4.69) is 0 Å². The normalized spacial score (nSPS) is 22.1. The zero-order chi connectivity index (χ0) is 24.2. The van der Waals surface area contributed by atoms with E-state index in [1.54, 1.807) is 0 Å². The van der Waals surface area contributed by atoms with E-state index in [1.165, 1.54) is 0 Å². The second kappa shape index (κ2) is 8.17. The van der Waals surface area contributed by atoms with E-state index in [1.807, 2.05) is 0 Å².